The lowest BCUT2D eigenvalue weighted by Crippen LogP contribution is -2.33. The Morgan fingerprint density at radius 3 is 3.00 bits per heavy atom. The first-order valence-corrected chi connectivity index (χ1v) is 5.57. The molecule has 5 heteroatoms. The number of thioether (sulfide) groups is 1. The summed E-state index contributed by atoms with van der Waals surface area (Å²) >= 11 is 1.48. The molecule has 0 aliphatic carbocycles. The maximum Gasteiger partial charge on any atom is 0.321 e. The average Bonchev–Trinajstić information content (AvgIpc) is 2.66. The molecule has 2 atom stereocenters. The van der Waals surface area contributed by atoms with Gasteiger partial charge in [0.1, 0.15) is 11.9 Å². The van der Waals surface area contributed by atoms with Crippen molar-refractivity contribution in [3.63, 3.8) is 0 Å². The Labute approximate surface area is 90.7 Å². The highest BCUT2D eigenvalue weighted by Crippen LogP contribution is 2.32. The molecular formula is C10H10FNO2S. The molecule has 1 aromatic rings. The summed E-state index contributed by atoms with van der Waals surface area (Å²) in [4.78, 5) is 10.7. The van der Waals surface area contributed by atoms with Gasteiger partial charge in [0.2, 0.25) is 0 Å². The van der Waals surface area contributed by atoms with E-state index in [0.717, 1.165) is 5.56 Å². The fourth-order valence-electron chi connectivity index (χ4n) is 1.48. The molecule has 0 radical (unpaired) electrons. The highest BCUT2D eigenvalue weighted by molar-refractivity contribution is 7.99. The molecule has 1 saturated heterocycles. The molecule has 1 unspecified atom stereocenters. The van der Waals surface area contributed by atoms with Gasteiger partial charge < -0.3 is 5.11 Å². The Balaban J connectivity index is 2.11. The molecular weight excluding hydrogens is 217 g/mol. The summed E-state index contributed by atoms with van der Waals surface area (Å²) in [5.41, 5.74) is 0.781. The third kappa shape index (κ3) is 2.30. The smallest absolute Gasteiger partial charge is 0.321 e. The van der Waals surface area contributed by atoms with Crippen LogP contribution in [0.4, 0.5) is 4.39 Å². The number of carboxylic acid groups (broad SMARTS) is 1. The lowest BCUT2D eigenvalue weighted by molar-refractivity contribution is -0.138. The highest BCUT2D eigenvalue weighted by atomic mass is 32.2. The zero-order chi connectivity index (χ0) is 10.8. The second-order valence-corrected chi connectivity index (χ2v) is 4.46. The molecule has 2 N–H and O–H groups in total. The number of nitrogens with one attached hydrogen (secondary N) is 1. The molecule has 1 aromatic carbocycles. The van der Waals surface area contributed by atoms with Gasteiger partial charge in [0.25, 0.3) is 0 Å². The van der Waals surface area contributed by atoms with Gasteiger partial charge in [-0.25, -0.2) is 4.39 Å². The van der Waals surface area contributed by atoms with Crippen molar-refractivity contribution in [3.8, 4) is 0 Å². The predicted molar refractivity (Wildman–Crippen MR) is 56.2 cm³/mol. The van der Waals surface area contributed by atoms with Crippen LogP contribution in [0.5, 0.6) is 0 Å². The normalized spacial score (nSPS) is 25.4. The Morgan fingerprint density at radius 1 is 1.60 bits per heavy atom. The molecule has 3 nitrogen and oxygen atoms in total. The fourth-order valence-corrected chi connectivity index (χ4v) is 2.70. The standard InChI is InChI=1S/C10H10FNO2S/c11-7-3-1-2-6(4-7)9-12-8(5-15-9)10(13)14/h1-4,8-9,12H,5H2,(H,13,14)/t8?,9-/m1/s1. The van der Waals surface area contributed by atoms with Crippen LogP contribution in [0.25, 0.3) is 0 Å². The molecule has 80 valence electrons. The summed E-state index contributed by atoms with van der Waals surface area (Å²) < 4.78 is 12.9. The quantitative estimate of drug-likeness (QED) is 0.806. The number of carboxylic acids is 1. The van der Waals surface area contributed by atoms with Crippen molar-refractivity contribution >= 4 is 17.7 Å². The van der Waals surface area contributed by atoms with E-state index < -0.39 is 12.0 Å². The van der Waals surface area contributed by atoms with Crippen molar-refractivity contribution in [2.45, 2.75) is 11.4 Å². The van der Waals surface area contributed by atoms with E-state index in [4.69, 9.17) is 5.11 Å². The van der Waals surface area contributed by atoms with Gasteiger partial charge in [-0.15, -0.1) is 11.8 Å². The minimum atomic E-state index is -0.860. The molecule has 0 saturated carbocycles. The zero-order valence-corrected chi connectivity index (χ0v) is 8.63. The summed E-state index contributed by atoms with van der Waals surface area (Å²) in [6, 6.07) is 5.68. The molecule has 1 heterocycles. The maximum atomic E-state index is 12.9. The molecule has 0 spiro atoms. The van der Waals surface area contributed by atoms with Crippen LogP contribution in [0, 0.1) is 5.82 Å². The van der Waals surface area contributed by atoms with E-state index in [-0.39, 0.29) is 11.2 Å². The number of hydrogen-bond donors (Lipinski definition) is 2. The van der Waals surface area contributed by atoms with E-state index >= 15 is 0 Å². The molecule has 1 aliphatic rings. The van der Waals surface area contributed by atoms with Crippen LogP contribution in [0.2, 0.25) is 0 Å². The summed E-state index contributed by atoms with van der Waals surface area (Å²) in [7, 11) is 0. The number of halogens is 1. The number of aliphatic carboxylic acids is 1. The Bertz CT molecular complexity index is 385. The molecule has 0 aromatic heterocycles. The van der Waals surface area contributed by atoms with Crippen molar-refractivity contribution < 1.29 is 14.3 Å². The molecule has 2 rings (SSSR count). The average molecular weight is 227 g/mol. The van der Waals surface area contributed by atoms with Crippen molar-refractivity contribution in [3.05, 3.63) is 35.6 Å². The molecule has 0 amide bonds. The van der Waals surface area contributed by atoms with Crippen LogP contribution in [0.3, 0.4) is 0 Å². The van der Waals surface area contributed by atoms with Gasteiger partial charge in [-0.1, -0.05) is 12.1 Å². The molecule has 0 bridgehead atoms. The van der Waals surface area contributed by atoms with E-state index in [1.807, 2.05) is 0 Å². The highest BCUT2D eigenvalue weighted by Gasteiger charge is 2.30. The summed E-state index contributed by atoms with van der Waals surface area (Å²) in [5, 5.41) is 11.6. The topological polar surface area (TPSA) is 49.3 Å². The first-order valence-electron chi connectivity index (χ1n) is 4.53. The van der Waals surface area contributed by atoms with Crippen LogP contribution in [0.15, 0.2) is 24.3 Å². The Hall–Kier alpha value is -1.07. The molecule has 1 aliphatic heterocycles. The third-order valence-electron chi connectivity index (χ3n) is 2.23. The van der Waals surface area contributed by atoms with E-state index in [2.05, 4.69) is 5.32 Å². The van der Waals surface area contributed by atoms with Crippen LogP contribution in [-0.4, -0.2) is 22.9 Å². The fraction of sp³-hybridized carbons (Fsp3) is 0.300. The third-order valence-corrected chi connectivity index (χ3v) is 3.50. The van der Waals surface area contributed by atoms with E-state index in [9.17, 15) is 9.18 Å². The number of carbonyl (C=O) groups is 1. The van der Waals surface area contributed by atoms with Gasteiger partial charge in [0.15, 0.2) is 0 Å². The summed E-state index contributed by atoms with van der Waals surface area (Å²) in [6.45, 7) is 0. The van der Waals surface area contributed by atoms with E-state index in [1.54, 1.807) is 12.1 Å². The largest absolute Gasteiger partial charge is 0.480 e. The van der Waals surface area contributed by atoms with Gasteiger partial charge in [-0.05, 0) is 17.7 Å². The van der Waals surface area contributed by atoms with Gasteiger partial charge in [0.05, 0.1) is 5.37 Å². The lowest BCUT2D eigenvalue weighted by Gasteiger charge is -2.10. The lowest BCUT2D eigenvalue weighted by atomic mass is 10.2. The van der Waals surface area contributed by atoms with Crippen molar-refractivity contribution in [1.29, 1.82) is 0 Å². The minimum Gasteiger partial charge on any atom is -0.480 e. The number of hydrogen-bond acceptors (Lipinski definition) is 3. The minimum absolute atomic E-state index is 0.123. The number of benzene rings is 1. The first kappa shape index (κ1) is 10.4. The number of rotatable bonds is 2. The van der Waals surface area contributed by atoms with Gasteiger partial charge >= 0.3 is 5.97 Å². The van der Waals surface area contributed by atoms with Crippen LogP contribution < -0.4 is 5.32 Å². The predicted octanol–water partition coefficient (Wildman–Crippen LogP) is 1.61. The zero-order valence-electron chi connectivity index (χ0n) is 7.81. The van der Waals surface area contributed by atoms with Crippen LogP contribution in [-0.2, 0) is 4.79 Å². The van der Waals surface area contributed by atoms with Gasteiger partial charge in [0, 0.05) is 5.75 Å². The van der Waals surface area contributed by atoms with E-state index in [1.165, 1.54) is 23.9 Å². The van der Waals surface area contributed by atoms with Crippen LogP contribution in [0.1, 0.15) is 10.9 Å². The van der Waals surface area contributed by atoms with Gasteiger partial charge in [-0.3, -0.25) is 10.1 Å². The second-order valence-electron chi connectivity index (χ2n) is 3.33. The summed E-state index contributed by atoms with van der Waals surface area (Å²) in [5.74, 6) is -0.647. The Kier molecular flexibility index (Phi) is 2.93. The SMILES string of the molecule is O=C(O)C1CS[C@H](c2cccc(F)c2)N1. The van der Waals surface area contributed by atoms with Crippen molar-refractivity contribution in [2.24, 2.45) is 0 Å². The second kappa shape index (κ2) is 4.20. The Morgan fingerprint density at radius 2 is 2.40 bits per heavy atom. The van der Waals surface area contributed by atoms with E-state index in [0.29, 0.717) is 5.75 Å². The van der Waals surface area contributed by atoms with Crippen molar-refractivity contribution in [2.75, 3.05) is 5.75 Å². The maximum absolute atomic E-state index is 12.9. The van der Waals surface area contributed by atoms with Crippen LogP contribution >= 0.6 is 11.8 Å². The monoisotopic (exact) mass is 227 g/mol. The first-order chi connectivity index (χ1) is 7.16. The van der Waals surface area contributed by atoms with Gasteiger partial charge in [-0.2, -0.15) is 0 Å². The molecule has 1 fully saturated rings. The molecule has 15 heavy (non-hydrogen) atoms. The summed E-state index contributed by atoms with van der Waals surface area (Å²) in [6.07, 6.45) is 0. The van der Waals surface area contributed by atoms with Crippen molar-refractivity contribution in [1.82, 2.24) is 5.32 Å².